The average molecular weight is 278 g/mol. The molecule has 0 aromatic carbocycles. The molecule has 1 atom stereocenters. The largest absolute Gasteiger partial charge is 0.313 e. The van der Waals surface area contributed by atoms with Crippen LogP contribution in [0.2, 0.25) is 0 Å². The first-order chi connectivity index (χ1) is 9.22. The maximum absolute atomic E-state index is 4.26. The van der Waals surface area contributed by atoms with Crippen molar-refractivity contribution in [3.8, 4) is 0 Å². The molecule has 0 aliphatic rings. The van der Waals surface area contributed by atoms with Crippen molar-refractivity contribution >= 4 is 17.4 Å². The van der Waals surface area contributed by atoms with Crippen LogP contribution in [0.5, 0.6) is 0 Å². The summed E-state index contributed by atoms with van der Waals surface area (Å²) in [7, 11) is 0. The van der Waals surface area contributed by atoms with Gasteiger partial charge in [-0.15, -0.1) is 10.2 Å². The predicted octanol–water partition coefficient (Wildman–Crippen LogP) is 2.85. The number of thioether (sulfide) groups is 1. The summed E-state index contributed by atoms with van der Waals surface area (Å²) in [6.07, 6.45) is 3.18. The van der Waals surface area contributed by atoms with Crippen molar-refractivity contribution in [1.29, 1.82) is 0 Å². The third-order valence-electron chi connectivity index (χ3n) is 3.14. The summed E-state index contributed by atoms with van der Waals surface area (Å²) < 4.78 is 2.04. The second-order valence-corrected chi connectivity index (χ2v) is 6.01. The number of fused-ring (bicyclic) bond motifs is 1. The van der Waals surface area contributed by atoms with E-state index in [0.717, 1.165) is 23.1 Å². The summed E-state index contributed by atoms with van der Waals surface area (Å²) >= 11 is 1.77. The standard InChI is InChI=1S/C14H22N4S/c1-4-8-15-12(11(2)3)10-19-14-17-16-13-7-5-6-9-18(13)14/h5-7,9,11-12,15H,4,8,10H2,1-3H3. The third-order valence-corrected chi connectivity index (χ3v) is 4.20. The maximum Gasteiger partial charge on any atom is 0.195 e. The van der Waals surface area contributed by atoms with Crippen molar-refractivity contribution in [1.82, 2.24) is 19.9 Å². The Morgan fingerprint density at radius 3 is 2.89 bits per heavy atom. The molecule has 2 heterocycles. The molecule has 2 aromatic heterocycles. The van der Waals surface area contributed by atoms with Gasteiger partial charge in [-0.3, -0.25) is 4.40 Å². The first-order valence-corrected chi connectivity index (χ1v) is 7.87. The van der Waals surface area contributed by atoms with Crippen LogP contribution in [0.4, 0.5) is 0 Å². The molecule has 0 aliphatic heterocycles. The molecule has 0 saturated heterocycles. The minimum atomic E-state index is 0.515. The summed E-state index contributed by atoms with van der Waals surface area (Å²) in [5.74, 6) is 1.64. The minimum Gasteiger partial charge on any atom is -0.313 e. The smallest absolute Gasteiger partial charge is 0.195 e. The molecule has 2 rings (SSSR count). The highest BCUT2D eigenvalue weighted by Gasteiger charge is 2.14. The molecular formula is C14H22N4S. The van der Waals surface area contributed by atoms with E-state index in [4.69, 9.17) is 0 Å². The second kappa shape index (κ2) is 6.91. The molecule has 1 N–H and O–H groups in total. The van der Waals surface area contributed by atoms with Gasteiger partial charge in [0.25, 0.3) is 0 Å². The normalized spacial score (nSPS) is 13.3. The van der Waals surface area contributed by atoms with E-state index in [1.165, 1.54) is 6.42 Å². The minimum absolute atomic E-state index is 0.515. The molecule has 0 aliphatic carbocycles. The lowest BCUT2D eigenvalue weighted by molar-refractivity contribution is 0.433. The molecule has 19 heavy (non-hydrogen) atoms. The van der Waals surface area contributed by atoms with E-state index >= 15 is 0 Å². The van der Waals surface area contributed by atoms with Crippen LogP contribution < -0.4 is 5.32 Å². The van der Waals surface area contributed by atoms with Crippen LogP contribution in [0.3, 0.4) is 0 Å². The lowest BCUT2D eigenvalue weighted by Gasteiger charge is -2.21. The highest BCUT2D eigenvalue weighted by Crippen LogP contribution is 2.19. The first kappa shape index (κ1) is 14.3. The van der Waals surface area contributed by atoms with Gasteiger partial charge in [0.05, 0.1) is 0 Å². The number of hydrogen-bond acceptors (Lipinski definition) is 4. The fraction of sp³-hybridized carbons (Fsp3) is 0.571. The molecule has 0 amide bonds. The lowest BCUT2D eigenvalue weighted by atomic mass is 10.1. The number of nitrogens with zero attached hydrogens (tertiary/aromatic N) is 3. The van der Waals surface area contributed by atoms with Crippen LogP contribution in [-0.4, -0.2) is 32.9 Å². The maximum atomic E-state index is 4.26. The Morgan fingerprint density at radius 2 is 2.16 bits per heavy atom. The summed E-state index contributed by atoms with van der Waals surface area (Å²) in [6.45, 7) is 7.79. The van der Waals surface area contributed by atoms with Crippen molar-refractivity contribution < 1.29 is 0 Å². The van der Waals surface area contributed by atoms with Crippen molar-refractivity contribution in [2.24, 2.45) is 5.92 Å². The fourth-order valence-corrected chi connectivity index (χ4v) is 3.12. The number of nitrogens with one attached hydrogen (secondary N) is 1. The van der Waals surface area contributed by atoms with E-state index < -0.39 is 0 Å². The van der Waals surface area contributed by atoms with E-state index in [9.17, 15) is 0 Å². The Morgan fingerprint density at radius 1 is 1.32 bits per heavy atom. The highest BCUT2D eigenvalue weighted by atomic mass is 32.2. The number of aromatic nitrogens is 3. The molecule has 0 bridgehead atoms. The molecule has 0 fully saturated rings. The van der Waals surface area contributed by atoms with Crippen LogP contribution in [0, 0.1) is 5.92 Å². The fourth-order valence-electron chi connectivity index (χ4n) is 1.90. The quantitative estimate of drug-likeness (QED) is 0.791. The van der Waals surface area contributed by atoms with E-state index in [1.807, 2.05) is 28.8 Å². The van der Waals surface area contributed by atoms with E-state index in [0.29, 0.717) is 12.0 Å². The van der Waals surface area contributed by atoms with Gasteiger partial charge in [-0.25, -0.2) is 0 Å². The molecule has 0 saturated carbocycles. The number of rotatable bonds is 7. The first-order valence-electron chi connectivity index (χ1n) is 6.88. The topological polar surface area (TPSA) is 42.2 Å². The summed E-state index contributed by atoms with van der Waals surface area (Å²) in [6, 6.07) is 6.49. The van der Waals surface area contributed by atoms with Crippen LogP contribution in [0.1, 0.15) is 27.2 Å². The highest BCUT2D eigenvalue weighted by molar-refractivity contribution is 7.99. The Kier molecular flexibility index (Phi) is 5.22. The summed E-state index contributed by atoms with van der Waals surface area (Å²) in [4.78, 5) is 0. The van der Waals surface area contributed by atoms with Crippen LogP contribution >= 0.6 is 11.8 Å². The van der Waals surface area contributed by atoms with E-state index in [2.05, 4.69) is 36.3 Å². The van der Waals surface area contributed by atoms with E-state index in [-0.39, 0.29) is 0 Å². The predicted molar refractivity (Wildman–Crippen MR) is 80.6 cm³/mol. The zero-order chi connectivity index (χ0) is 13.7. The Balaban J connectivity index is 2.00. The van der Waals surface area contributed by atoms with Gasteiger partial charge in [-0.1, -0.05) is 38.6 Å². The molecule has 2 aromatic rings. The Hall–Kier alpha value is -1.07. The SMILES string of the molecule is CCCNC(CSc1nnc2ccccn12)C(C)C. The number of hydrogen-bond donors (Lipinski definition) is 1. The van der Waals surface area contributed by atoms with Gasteiger partial charge in [0.15, 0.2) is 10.8 Å². The van der Waals surface area contributed by atoms with Gasteiger partial charge >= 0.3 is 0 Å². The Labute approximate surface area is 119 Å². The molecule has 5 heteroatoms. The van der Waals surface area contributed by atoms with Gasteiger partial charge in [0.2, 0.25) is 0 Å². The lowest BCUT2D eigenvalue weighted by Crippen LogP contribution is -2.36. The van der Waals surface area contributed by atoms with Gasteiger partial charge in [-0.05, 0) is 31.0 Å². The van der Waals surface area contributed by atoms with Crippen molar-refractivity contribution in [3.05, 3.63) is 24.4 Å². The van der Waals surface area contributed by atoms with Crippen molar-refractivity contribution in [2.75, 3.05) is 12.3 Å². The zero-order valence-electron chi connectivity index (χ0n) is 11.8. The van der Waals surface area contributed by atoms with Gasteiger partial charge < -0.3 is 5.32 Å². The third kappa shape index (κ3) is 3.70. The van der Waals surface area contributed by atoms with Crippen LogP contribution in [0.25, 0.3) is 5.65 Å². The number of pyridine rings is 1. The van der Waals surface area contributed by atoms with E-state index in [1.54, 1.807) is 11.8 Å². The molecule has 0 spiro atoms. The molecule has 1 unspecified atom stereocenters. The zero-order valence-corrected chi connectivity index (χ0v) is 12.7. The van der Waals surface area contributed by atoms with Gasteiger partial charge in [0.1, 0.15) is 0 Å². The van der Waals surface area contributed by atoms with Crippen molar-refractivity contribution in [2.45, 2.75) is 38.4 Å². The van der Waals surface area contributed by atoms with Crippen molar-refractivity contribution in [3.63, 3.8) is 0 Å². The Bertz CT molecular complexity index is 509. The summed E-state index contributed by atoms with van der Waals surface area (Å²) in [5.41, 5.74) is 0.910. The van der Waals surface area contributed by atoms with Gasteiger partial charge in [-0.2, -0.15) is 0 Å². The summed E-state index contributed by atoms with van der Waals surface area (Å²) in [5, 5.41) is 13.0. The second-order valence-electron chi connectivity index (χ2n) is 5.03. The molecular weight excluding hydrogens is 256 g/mol. The molecule has 104 valence electrons. The average Bonchev–Trinajstić information content (AvgIpc) is 2.82. The monoisotopic (exact) mass is 278 g/mol. The van der Waals surface area contributed by atoms with Crippen LogP contribution in [-0.2, 0) is 0 Å². The van der Waals surface area contributed by atoms with Gasteiger partial charge in [0, 0.05) is 18.0 Å². The molecule has 4 nitrogen and oxygen atoms in total. The molecule has 0 radical (unpaired) electrons. The van der Waals surface area contributed by atoms with Crippen LogP contribution in [0.15, 0.2) is 29.6 Å².